The van der Waals surface area contributed by atoms with Gasteiger partial charge in [0.25, 0.3) is 5.91 Å². The van der Waals surface area contributed by atoms with Crippen LogP contribution in [-0.4, -0.2) is 32.6 Å². The molecule has 0 bridgehead atoms. The molecule has 2 heterocycles. The van der Waals surface area contributed by atoms with E-state index in [1.165, 1.54) is 12.4 Å². The Labute approximate surface area is 109 Å². The van der Waals surface area contributed by atoms with Crippen molar-refractivity contribution >= 4 is 5.91 Å². The van der Waals surface area contributed by atoms with Crippen molar-refractivity contribution in [2.75, 3.05) is 6.61 Å². The third kappa shape index (κ3) is 3.66. The average Bonchev–Trinajstić information content (AvgIpc) is 2.96. The van der Waals surface area contributed by atoms with Crippen LogP contribution in [0.4, 0.5) is 0 Å². The molecule has 0 atom stereocenters. The number of aromatic amines is 1. The molecular weight excluding hydrogens is 244 g/mol. The number of rotatable bonds is 3. The van der Waals surface area contributed by atoms with E-state index in [2.05, 4.69) is 32.1 Å². The van der Waals surface area contributed by atoms with Crippen LogP contribution in [0.3, 0.4) is 0 Å². The summed E-state index contributed by atoms with van der Waals surface area (Å²) in [5.41, 5.74) is 1.82. The third-order valence-electron chi connectivity index (χ3n) is 2.31. The first kappa shape index (κ1) is 12.8. The van der Waals surface area contributed by atoms with Gasteiger partial charge in [-0.05, 0) is 6.07 Å². The Morgan fingerprint density at radius 3 is 3.00 bits per heavy atom. The molecule has 1 amide bonds. The van der Waals surface area contributed by atoms with Gasteiger partial charge in [0.05, 0.1) is 24.1 Å². The molecule has 19 heavy (non-hydrogen) atoms. The maximum absolute atomic E-state index is 11.9. The van der Waals surface area contributed by atoms with E-state index >= 15 is 0 Å². The van der Waals surface area contributed by atoms with Crippen molar-refractivity contribution in [3.8, 4) is 11.8 Å². The van der Waals surface area contributed by atoms with E-state index in [-0.39, 0.29) is 12.5 Å². The van der Waals surface area contributed by atoms with Crippen LogP contribution in [0, 0.1) is 11.8 Å². The number of hydrogen-bond donors (Lipinski definition) is 3. The maximum atomic E-state index is 11.9. The SMILES string of the molecule is O=C(NCc1cnc[nH]1)c1cncc(C#CCO)c1. The number of amides is 1. The fraction of sp³-hybridized carbons (Fsp3) is 0.154. The van der Waals surface area contributed by atoms with Gasteiger partial charge in [-0.15, -0.1) is 0 Å². The van der Waals surface area contributed by atoms with E-state index in [0.29, 0.717) is 17.7 Å². The number of H-pyrrole nitrogens is 1. The normalized spacial score (nSPS) is 9.53. The fourth-order valence-corrected chi connectivity index (χ4v) is 1.43. The van der Waals surface area contributed by atoms with Gasteiger partial charge in [0, 0.05) is 24.2 Å². The number of aromatic nitrogens is 3. The zero-order valence-corrected chi connectivity index (χ0v) is 10.1. The van der Waals surface area contributed by atoms with Crippen molar-refractivity contribution in [1.82, 2.24) is 20.3 Å². The van der Waals surface area contributed by atoms with Gasteiger partial charge in [-0.3, -0.25) is 9.78 Å². The van der Waals surface area contributed by atoms with E-state index in [1.807, 2.05) is 0 Å². The highest BCUT2D eigenvalue weighted by molar-refractivity contribution is 5.94. The van der Waals surface area contributed by atoms with Crippen LogP contribution in [0.5, 0.6) is 0 Å². The summed E-state index contributed by atoms with van der Waals surface area (Å²) < 4.78 is 0. The molecule has 2 aromatic heterocycles. The molecule has 6 heteroatoms. The fourth-order valence-electron chi connectivity index (χ4n) is 1.43. The minimum absolute atomic E-state index is 0.226. The van der Waals surface area contributed by atoms with Crippen molar-refractivity contribution in [3.05, 3.63) is 47.8 Å². The molecule has 0 saturated carbocycles. The maximum Gasteiger partial charge on any atom is 0.253 e. The smallest absolute Gasteiger partial charge is 0.253 e. The number of aliphatic hydroxyl groups is 1. The summed E-state index contributed by atoms with van der Waals surface area (Å²) in [6, 6.07) is 1.62. The zero-order valence-electron chi connectivity index (χ0n) is 10.1. The molecule has 0 radical (unpaired) electrons. The van der Waals surface area contributed by atoms with E-state index in [4.69, 9.17) is 5.11 Å². The zero-order chi connectivity index (χ0) is 13.5. The monoisotopic (exact) mass is 256 g/mol. The summed E-state index contributed by atoms with van der Waals surface area (Å²) in [4.78, 5) is 22.6. The molecule has 0 spiro atoms. The molecule has 0 saturated heterocycles. The van der Waals surface area contributed by atoms with Crippen LogP contribution in [0.2, 0.25) is 0 Å². The third-order valence-corrected chi connectivity index (χ3v) is 2.31. The second-order valence-electron chi connectivity index (χ2n) is 3.68. The highest BCUT2D eigenvalue weighted by Crippen LogP contribution is 2.02. The van der Waals surface area contributed by atoms with Gasteiger partial charge in [-0.25, -0.2) is 4.98 Å². The predicted molar refractivity (Wildman–Crippen MR) is 68.0 cm³/mol. The van der Waals surface area contributed by atoms with Gasteiger partial charge in [0.1, 0.15) is 6.61 Å². The van der Waals surface area contributed by atoms with Crippen LogP contribution < -0.4 is 5.32 Å². The molecule has 0 unspecified atom stereocenters. The summed E-state index contributed by atoms with van der Waals surface area (Å²) in [7, 11) is 0. The van der Waals surface area contributed by atoms with Crippen molar-refractivity contribution in [2.24, 2.45) is 0 Å². The molecule has 2 rings (SSSR count). The lowest BCUT2D eigenvalue weighted by Gasteiger charge is -2.03. The summed E-state index contributed by atoms with van der Waals surface area (Å²) in [6.45, 7) is 0.141. The van der Waals surface area contributed by atoms with E-state index < -0.39 is 0 Å². The Morgan fingerprint density at radius 2 is 2.26 bits per heavy atom. The summed E-state index contributed by atoms with van der Waals surface area (Å²) in [6.07, 6.45) is 6.19. The van der Waals surface area contributed by atoms with Gasteiger partial charge in [-0.1, -0.05) is 11.8 Å². The van der Waals surface area contributed by atoms with Crippen LogP contribution >= 0.6 is 0 Å². The Morgan fingerprint density at radius 1 is 1.37 bits per heavy atom. The molecule has 96 valence electrons. The van der Waals surface area contributed by atoms with Crippen LogP contribution in [0.25, 0.3) is 0 Å². The molecule has 0 aromatic carbocycles. The lowest BCUT2D eigenvalue weighted by atomic mass is 10.2. The number of carbonyl (C=O) groups is 1. The van der Waals surface area contributed by atoms with Crippen molar-refractivity contribution in [3.63, 3.8) is 0 Å². The first-order valence-corrected chi connectivity index (χ1v) is 5.60. The first-order valence-electron chi connectivity index (χ1n) is 5.60. The van der Waals surface area contributed by atoms with E-state index in [0.717, 1.165) is 5.69 Å². The number of nitrogens with one attached hydrogen (secondary N) is 2. The number of aliphatic hydroxyl groups excluding tert-OH is 1. The largest absolute Gasteiger partial charge is 0.384 e. The Bertz CT molecular complexity index is 611. The predicted octanol–water partition coefficient (Wildman–Crippen LogP) is 0.0785. The molecule has 0 aliphatic carbocycles. The lowest BCUT2D eigenvalue weighted by Crippen LogP contribution is -2.23. The molecule has 3 N–H and O–H groups in total. The second-order valence-corrected chi connectivity index (χ2v) is 3.68. The standard InChI is InChI=1S/C13H12N4O2/c18-3-1-2-10-4-11(6-14-5-10)13(19)16-8-12-7-15-9-17-12/h4-7,9,18H,3,8H2,(H,15,17)(H,16,19). The molecule has 0 aliphatic heterocycles. The van der Waals surface area contributed by atoms with Crippen molar-refractivity contribution in [2.45, 2.75) is 6.54 Å². The molecule has 0 aliphatic rings. The highest BCUT2D eigenvalue weighted by Gasteiger charge is 2.06. The lowest BCUT2D eigenvalue weighted by molar-refractivity contribution is 0.0950. The van der Waals surface area contributed by atoms with Gasteiger partial charge in [-0.2, -0.15) is 0 Å². The number of carbonyl (C=O) groups excluding carboxylic acids is 1. The summed E-state index contributed by atoms with van der Waals surface area (Å²) in [5.74, 6) is 4.97. The summed E-state index contributed by atoms with van der Waals surface area (Å²) >= 11 is 0. The summed E-state index contributed by atoms with van der Waals surface area (Å²) in [5, 5.41) is 11.4. The number of pyridine rings is 1. The first-order chi connectivity index (χ1) is 9.29. The van der Waals surface area contributed by atoms with Crippen LogP contribution in [-0.2, 0) is 6.54 Å². The van der Waals surface area contributed by atoms with E-state index in [9.17, 15) is 4.79 Å². The van der Waals surface area contributed by atoms with Gasteiger partial charge in [0.15, 0.2) is 0 Å². The number of imidazole rings is 1. The highest BCUT2D eigenvalue weighted by atomic mass is 16.2. The van der Waals surface area contributed by atoms with Gasteiger partial charge >= 0.3 is 0 Å². The van der Waals surface area contributed by atoms with Crippen LogP contribution in [0.15, 0.2) is 31.0 Å². The molecule has 2 aromatic rings. The average molecular weight is 256 g/mol. The quantitative estimate of drug-likeness (QED) is 0.678. The minimum atomic E-state index is -0.241. The molecular formula is C13H12N4O2. The van der Waals surface area contributed by atoms with Crippen molar-refractivity contribution < 1.29 is 9.90 Å². The Hall–Kier alpha value is -2.65. The topological polar surface area (TPSA) is 90.9 Å². The van der Waals surface area contributed by atoms with E-state index in [1.54, 1.807) is 18.6 Å². The second kappa shape index (κ2) is 6.33. The van der Waals surface area contributed by atoms with Gasteiger partial charge in [0.2, 0.25) is 0 Å². The number of nitrogens with zero attached hydrogens (tertiary/aromatic N) is 2. The van der Waals surface area contributed by atoms with Crippen molar-refractivity contribution in [1.29, 1.82) is 0 Å². The Balaban J connectivity index is 2.02. The minimum Gasteiger partial charge on any atom is -0.384 e. The van der Waals surface area contributed by atoms with Gasteiger partial charge < -0.3 is 15.4 Å². The molecule has 6 nitrogen and oxygen atoms in total. The molecule has 0 fully saturated rings. The van der Waals surface area contributed by atoms with Crippen LogP contribution in [0.1, 0.15) is 21.6 Å². The Kier molecular flexibility index (Phi) is 4.26. The number of hydrogen-bond acceptors (Lipinski definition) is 4.